The second kappa shape index (κ2) is 8.20. The number of methoxy groups -OCH3 is 1. The number of phenolic OH excluding ortho intramolecular Hbond substituents is 1. The third-order valence-electron chi connectivity index (χ3n) is 11.6. The van der Waals surface area contributed by atoms with E-state index in [0.717, 1.165) is 43.7 Å². The molecule has 2 bridgehead atoms. The van der Waals surface area contributed by atoms with Crippen molar-refractivity contribution in [3.05, 3.63) is 28.8 Å². The predicted octanol–water partition coefficient (Wildman–Crippen LogP) is 6.06. The number of ether oxygens (including phenoxy) is 1. The molecule has 1 aromatic rings. The maximum absolute atomic E-state index is 12.2. The Morgan fingerprint density at radius 1 is 1.14 bits per heavy atom. The number of hydrogen-bond acceptors (Lipinski definition) is 4. The maximum Gasteiger partial charge on any atom is 0.118 e. The summed E-state index contributed by atoms with van der Waals surface area (Å²) in [6.07, 6.45) is 6.91. The molecule has 4 unspecified atom stereocenters. The smallest absolute Gasteiger partial charge is 0.118 e. The van der Waals surface area contributed by atoms with E-state index in [0.29, 0.717) is 17.7 Å². The average molecular weight is 484 g/mol. The monoisotopic (exact) mass is 483 g/mol. The van der Waals surface area contributed by atoms with Crippen LogP contribution in [0.2, 0.25) is 0 Å². The van der Waals surface area contributed by atoms with Gasteiger partial charge in [0.05, 0.1) is 11.2 Å². The summed E-state index contributed by atoms with van der Waals surface area (Å²) in [6, 6.07) is 4.57. The van der Waals surface area contributed by atoms with E-state index in [4.69, 9.17) is 4.74 Å². The molecule has 35 heavy (non-hydrogen) atoms. The normalized spacial score (nSPS) is 38.2. The van der Waals surface area contributed by atoms with Gasteiger partial charge in [-0.2, -0.15) is 0 Å². The first-order valence-electron chi connectivity index (χ1n) is 14.2. The largest absolute Gasteiger partial charge is 0.508 e. The van der Waals surface area contributed by atoms with Crippen LogP contribution in [-0.4, -0.2) is 52.6 Å². The lowest BCUT2D eigenvalue weighted by atomic mass is 9.37. The summed E-state index contributed by atoms with van der Waals surface area (Å²) in [4.78, 5) is 2.80. The molecule has 0 aliphatic heterocycles. The van der Waals surface area contributed by atoms with Crippen LogP contribution in [0, 0.1) is 35.5 Å². The molecule has 196 valence electrons. The van der Waals surface area contributed by atoms with Crippen molar-refractivity contribution >= 4 is 0 Å². The molecule has 5 aliphatic carbocycles. The van der Waals surface area contributed by atoms with Crippen molar-refractivity contribution in [3.63, 3.8) is 0 Å². The Morgan fingerprint density at radius 2 is 1.83 bits per heavy atom. The fourth-order valence-electron chi connectivity index (χ4n) is 8.94. The zero-order chi connectivity index (χ0) is 25.6. The molecule has 5 aliphatic rings. The number of rotatable bonds is 6. The zero-order valence-corrected chi connectivity index (χ0v) is 23.4. The summed E-state index contributed by atoms with van der Waals surface area (Å²) in [5, 5.41) is 23.0. The molecular weight excluding hydrogens is 434 g/mol. The van der Waals surface area contributed by atoms with Gasteiger partial charge in [0, 0.05) is 25.6 Å². The molecule has 7 atom stereocenters. The third-order valence-corrected chi connectivity index (χ3v) is 11.6. The van der Waals surface area contributed by atoms with Crippen LogP contribution in [0.1, 0.15) is 96.3 Å². The Kier molecular flexibility index (Phi) is 5.98. The molecule has 4 saturated carbocycles. The fourth-order valence-corrected chi connectivity index (χ4v) is 8.94. The van der Waals surface area contributed by atoms with E-state index in [2.05, 4.69) is 59.4 Å². The minimum Gasteiger partial charge on any atom is -0.508 e. The summed E-state index contributed by atoms with van der Waals surface area (Å²) < 4.78 is 6.56. The standard InChI is InChI=1S/C31H49NO3/c1-9-32(18-21-10-11-21)25-16-22-12-13-23(33)19(2)26(22)27-20(3)31(35-8)15-14-30(25,27)17-24(31)29(7,34)28(4,5)6/h12-13,20-21,24-25,27,33-34H,9-11,14-18H2,1-8H3/t20?,24?,25-,27?,29+,30?,31-/m1/s1. The summed E-state index contributed by atoms with van der Waals surface area (Å²) in [5.74, 6) is 1.93. The van der Waals surface area contributed by atoms with Crippen LogP contribution in [0.4, 0.5) is 0 Å². The summed E-state index contributed by atoms with van der Waals surface area (Å²) in [5.41, 5.74) is 2.47. The molecule has 4 fully saturated rings. The van der Waals surface area contributed by atoms with E-state index < -0.39 is 5.60 Å². The van der Waals surface area contributed by atoms with E-state index in [1.165, 1.54) is 30.5 Å². The summed E-state index contributed by atoms with van der Waals surface area (Å²) >= 11 is 0. The highest BCUT2D eigenvalue weighted by molar-refractivity contribution is 5.51. The van der Waals surface area contributed by atoms with Crippen LogP contribution in [-0.2, 0) is 11.2 Å². The Labute approximate surface area is 213 Å². The molecule has 4 heteroatoms. The number of phenols is 1. The van der Waals surface area contributed by atoms with Crippen molar-refractivity contribution in [2.45, 2.75) is 110 Å². The summed E-state index contributed by atoms with van der Waals surface area (Å²) in [6.45, 7) is 17.7. The maximum atomic E-state index is 12.2. The van der Waals surface area contributed by atoms with Crippen LogP contribution >= 0.6 is 0 Å². The quantitative estimate of drug-likeness (QED) is 0.516. The minimum atomic E-state index is -0.845. The number of nitrogens with zero attached hydrogens (tertiary/aromatic N) is 1. The Morgan fingerprint density at radius 3 is 2.40 bits per heavy atom. The number of aromatic hydroxyl groups is 1. The van der Waals surface area contributed by atoms with Crippen molar-refractivity contribution in [1.82, 2.24) is 4.90 Å². The van der Waals surface area contributed by atoms with E-state index in [9.17, 15) is 10.2 Å². The van der Waals surface area contributed by atoms with Gasteiger partial charge in [-0.25, -0.2) is 0 Å². The lowest BCUT2D eigenvalue weighted by molar-refractivity contribution is -0.275. The van der Waals surface area contributed by atoms with Crippen molar-refractivity contribution < 1.29 is 14.9 Å². The van der Waals surface area contributed by atoms with Crippen LogP contribution < -0.4 is 0 Å². The minimum absolute atomic E-state index is 0.0706. The predicted molar refractivity (Wildman–Crippen MR) is 142 cm³/mol. The lowest BCUT2D eigenvalue weighted by Gasteiger charge is -2.71. The zero-order valence-electron chi connectivity index (χ0n) is 23.4. The van der Waals surface area contributed by atoms with Gasteiger partial charge in [0.2, 0.25) is 0 Å². The van der Waals surface area contributed by atoms with Crippen molar-refractivity contribution in [2.24, 2.45) is 28.6 Å². The van der Waals surface area contributed by atoms with Crippen LogP contribution in [0.5, 0.6) is 5.75 Å². The molecule has 0 aromatic heterocycles. The van der Waals surface area contributed by atoms with E-state index >= 15 is 0 Å². The molecule has 1 aromatic carbocycles. The molecule has 0 amide bonds. The van der Waals surface area contributed by atoms with Gasteiger partial charge in [-0.3, -0.25) is 4.90 Å². The van der Waals surface area contributed by atoms with Crippen LogP contribution in [0.25, 0.3) is 0 Å². The SMILES string of the molecule is CCN(CC1CC1)[C@@H]1Cc2ccc(O)c(C)c2C2C(C)[C@]3(OC)CCC21CC3[C@](C)(O)C(C)(C)C. The van der Waals surface area contributed by atoms with Gasteiger partial charge in [0.1, 0.15) is 5.75 Å². The second-order valence-electron chi connectivity index (χ2n) is 13.8. The first-order valence-corrected chi connectivity index (χ1v) is 14.2. The van der Waals surface area contributed by atoms with Gasteiger partial charge >= 0.3 is 0 Å². The topological polar surface area (TPSA) is 52.9 Å². The highest BCUT2D eigenvalue weighted by atomic mass is 16.5. The van der Waals surface area contributed by atoms with Gasteiger partial charge in [-0.15, -0.1) is 0 Å². The molecule has 6 rings (SSSR count). The van der Waals surface area contributed by atoms with Crippen molar-refractivity contribution in [3.8, 4) is 5.75 Å². The molecule has 4 nitrogen and oxygen atoms in total. The Bertz CT molecular complexity index is 976. The van der Waals surface area contributed by atoms with Crippen molar-refractivity contribution in [2.75, 3.05) is 20.2 Å². The van der Waals surface area contributed by atoms with Gasteiger partial charge in [0.15, 0.2) is 0 Å². The Hall–Kier alpha value is -1.10. The molecule has 0 radical (unpaired) electrons. The first kappa shape index (κ1) is 25.5. The summed E-state index contributed by atoms with van der Waals surface area (Å²) in [7, 11) is 1.88. The molecule has 2 N–H and O–H groups in total. The average Bonchev–Trinajstić information content (AvgIpc) is 3.63. The Balaban J connectivity index is 1.71. The number of benzene rings is 1. The third kappa shape index (κ3) is 3.49. The fraction of sp³-hybridized carbons (Fsp3) is 0.806. The number of likely N-dealkylation sites (N-methyl/N-ethyl adjacent to an activating group) is 1. The van der Waals surface area contributed by atoms with E-state index in [1.807, 2.05) is 13.2 Å². The number of aliphatic hydroxyl groups is 1. The first-order chi connectivity index (χ1) is 16.3. The lowest BCUT2D eigenvalue weighted by Crippen LogP contribution is -2.73. The van der Waals surface area contributed by atoms with Crippen LogP contribution in [0.3, 0.4) is 0 Å². The molecule has 0 heterocycles. The molecule has 1 spiro atoms. The van der Waals surface area contributed by atoms with Gasteiger partial charge < -0.3 is 14.9 Å². The van der Waals surface area contributed by atoms with Crippen molar-refractivity contribution in [1.29, 1.82) is 0 Å². The highest BCUT2D eigenvalue weighted by Crippen LogP contribution is 2.72. The van der Waals surface area contributed by atoms with Gasteiger partial charge in [-0.05, 0) is 110 Å². The highest BCUT2D eigenvalue weighted by Gasteiger charge is 2.71. The molecule has 0 saturated heterocycles. The number of hydrogen-bond donors (Lipinski definition) is 2. The van der Waals surface area contributed by atoms with Crippen LogP contribution in [0.15, 0.2) is 12.1 Å². The molecular formula is C31H49NO3. The van der Waals surface area contributed by atoms with E-state index in [1.54, 1.807) is 0 Å². The van der Waals surface area contributed by atoms with Gasteiger partial charge in [0.25, 0.3) is 0 Å². The second-order valence-corrected chi connectivity index (χ2v) is 13.8. The van der Waals surface area contributed by atoms with Gasteiger partial charge in [-0.1, -0.05) is 40.7 Å². The van der Waals surface area contributed by atoms with E-state index in [-0.39, 0.29) is 28.3 Å². The number of fused-ring (bicyclic) bond motifs is 3.